The summed E-state index contributed by atoms with van der Waals surface area (Å²) in [4.78, 5) is 0. The summed E-state index contributed by atoms with van der Waals surface area (Å²) >= 11 is 0. The van der Waals surface area contributed by atoms with E-state index >= 15 is 0 Å². The number of nitrogens with one attached hydrogen (secondary N) is 1. The Bertz CT molecular complexity index is 408. The van der Waals surface area contributed by atoms with Gasteiger partial charge in [0.2, 0.25) is 0 Å². The van der Waals surface area contributed by atoms with E-state index < -0.39 is 5.60 Å². The van der Waals surface area contributed by atoms with Crippen LogP contribution < -0.4 is 5.32 Å². The lowest BCUT2D eigenvalue weighted by Crippen LogP contribution is -2.43. The third-order valence-electron chi connectivity index (χ3n) is 4.62. The fourth-order valence-corrected chi connectivity index (χ4v) is 3.08. The van der Waals surface area contributed by atoms with E-state index in [2.05, 4.69) is 12.2 Å². The molecule has 1 saturated carbocycles. The van der Waals surface area contributed by atoms with Gasteiger partial charge in [0, 0.05) is 12.6 Å². The van der Waals surface area contributed by atoms with Gasteiger partial charge in [-0.2, -0.15) is 0 Å². The maximum Gasteiger partial charge on any atom is 0.115 e. The van der Waals surface area contributed by atoms with Gasteiger partial charge in [0.1, 0.15) is 5.75 Å². The summed E-state index contributed by atoms with van der Waals surface area (Å²) in [6, 6.07) is 7.82. The Kier molecular flexibility index (Phi) is 6.07. The molecule has 0 radical (unpaired) electrons. The van der Waals surface area contributed by atoms with E-state index in [0.717, 1.165) is 38.5 Å². The molecule has 0 saturated heterocycles. The first kappa shape index (κ1) is 16.3. The first-order chi connectivity index (χ1) is 10.1. The summed E-state index contributed by atoms with van der Waals surface area (Å²) in [7, 11) is 0. The second-order valence-corrected chi connectivity index (χ2v) is 6.63. The molecule has 1 aliphatic carbocycles. The summed E-state index contributed by atoms with van der Waals surface area (Å²) in [6.45, 7) is 2.89. The molecule has 21 heavy (non-hydrogen) atoms. The Morgan fingerprint density at radius 2 is 1.71 bits per heavy atom. The number of rotatable bonds is 6. The molecule has 3 N–H and O–H groups in total. The van der Waals surface area contributed by atoms with Crippen LogP contribution in [-0.4, -0.2) is 28.4 Å². The molecule has 1 atom stereocenters. The van der Waals surface area contributed by atoms with Crippen LogP contribution in [0.2, 0.25) is 0 Å². The maximum absolute atomic E-state index is 10.6. The average Bonchev–Trinajstić information content (AvgIpc) is 2.70. The second kappa shape index (κ2) is 7.81. The fraction of sp³-hybridized carbons (Fsp3) is 0.667. The smallest absolute Gasteiger partial charge is 0.115 e. The normalized spacial score (nSPS) is 19.9. The Morgan fingerprint density at radius 1 is 1.10 bits per heavy atom. The first-order valence-electron chi connectivity index (χ1n) is 8.31. The van der Waals surface area contributed by atoms with Crippen molar-refractivity contribution in [3.05, 3.63) is 29.8 Å². The summed E-state index contributed by atoms with van der Waals surface area (Å²) in [6.07, 6.45) is 8.74. The average molecular weight is 291 g/mol. The van der Waals surface area contributed by atoms with Gasteiger partial charge >= 0.3 is 0 Å². The zero-order valence-electron chi connectivity index (χ0n) is 13.1. The van der Waals surface area contributed by atoms with Gasteiger partial charge < -0.3 is 15.5 Å². The van der Waals surface area contributed by atoms with Crippen LogP contribution >= 0.6 is 0 Å². The van der Waals surface area contributed by atoms with Crippen molar-refractivity contribution in [3.8, 4) is 5.75 Å². The summed E-state index contributed by atoms with van der Waals surface area (Å²) in [5, 5.41) is 23.4. The quantitative estimate of drug-likeness (QED) is 0.704. The van der Waals surface area contributed by atoms with Crippen LogP contribution in [0.15, 0.2) is 24.3 Å². The minimum atomic E-state index is -0.497. The van der Waals surface area contributed by atoms with Crippen LogP contribution in [0.4, 0.5) is 0 Å². The van der Waals surface area contributed by atoms with Crippen LogP contribution in [0.25, 0.3) is 0 Å². The third kappa shape index (κ3) is 5.68. The Balaban J connectivity index is 1.71. The highest BCUT2D eigenvalue weighted by Crippen LogP contribution is 2.26. The van der Waals surface area contributed by atoms with Gasteiger partial charge in [-0.1, -0.05) is 37.8 Å². The van der Waals surface area contributed by atoms with E-state index in [1.54, 1.807) is 12.1 Å². The van der Waals surface area contributed by atoms with E-state index in [0.29, 0.717) is 18.3 Å². The highest BCUT2D eigenvalue weighted by atomic mass is 16.3. The lowest BCUT2D eigenvalue weighted by Gasteiger charge is -2.29. The summed E-state index contributed by atoms with van der Waals surface area (Å²) in [5.74, 6) is 0.320. The van der Waals surface area contributed by atoms with E-state index in [4.69, 9.17) is 0 Å². The SMILES string of the molecule is CC(CCc1ccc(O)cc1)NCC1(O)CCCCCC1. The van der Waals surface area contributed by atoms with Gasteiger partial charge in [-0.3, -0.25) is 0 Å². The molecule has 1 unspecified atom stereocenters. The van der Waals surface area contributed by atoms with Crippen LogP contribution in [0.1, 0.15) is 57.4 Å². The molecule has 3 nitrogen and oxygen atoms in total. The van der Waals surface area contributed by atoms with Crippen molar-refractivity contribution in [2.24, 2.45) is 0 Å². The second-order valence-electron chi connectivity index (χ2n) is 6.63. The Hall–Kier alpha value is -1.06. The molecule has 1 aromatic carbocycles. The van der Waals surface area contributed by atoms with Crippen LogP contribution in [0, 0.1) is 0 Å². The number of hydrogen-bond acceptors (Lipinski definition) is 3. The number of aliphatic hydroxyl groups is 1. The Morgan fingerprint density at radius 3 is 2.33 bits per heavy atom. The van der Waals surface area contributed by atoms with Crippen LogP contribution in [-0.2, 0) is 6.42 Å². The molecular weight excluding hydrogens is 262 g/mol. The fourth-order valence-electron chi connectivity index (χ4n) is 3.08. The highest BCUT2D eigenvalue weighted by molar-refractivity contribution is 5.25. The van der Waals surface area contributed by atoms with E-state index in [-0.39, 0.29) is 0 Å². The zero-order valence-corrected chi connectivity index (χ0v) is 13.1. The molecule has 0 spiro atoms. The van der Waals surface area contributed by atoms with Crippen LogP contribution in [0.3, 0.4) is 0 Å². The first-order valence-corrected chi connectivity index (χ1v) is 8.31. The molecule has 0 amide bonds. The van der Waals surface area contributed by atoms with Gasteiger partial charge in [0.25, 0.3) is 0 Å². The standard InChI is InChI=1S/C18H29NO2/c1-15(6-7-16-8-10-17(20)11-9-16)19-14-18(21)12-4-2-3-5-13-18/h8-11,15,19-21H,2-7,12-14H2,1H3. The van der Waals surface area contributed by atoms with Crippen molar-refractivity contribution >= 4 is 0 Å². The summed E-state index contributed by atoms with van der Waals surface area (Å²) < 4.78 is 0. The highest BCUT2D eigenvalue weighted by Gasteiger charge is 2.27. The largest absolute Gasteiger partial charge is 0.508 e. The Labute approximate surface area is 128 Å². The molecular formula is C18H29NO2. The molecule has 0 aromatic heterocycles. The van der Waals surface area contributed by atoms with Crippen molar-refractivity contribution in [2.45, 2.75) is 69.9 Å². The van der Waals surface area contributed by atoms with Gasteiger partial charge in [-0.05, 0) is 50.3 Å². The zero-order chi connectivity index (χ0) is 15.1. The maximum atomic E-state index is 10.6. The third-order valence-corrected chi connectivity index (χ3v) is 4.62. The number of benzene rings is 1. The lowest BCUT2D eigenvalue weighted by atomic mass is 9.94. The number of aromatic hydroxyl groups is 1. The molecule has 1 aromatic rings. The van der Waals surface area contributed by atoms with Crippen molar-refractivity contribution in [2.75, 3.05) is 6.54 Å². The number of hydrogen-bond donors (Lipinski definition) is 3. The van der Waals surface area contributed by atoms with E-state index in [1.807, 2.05) is 12.1 Å². The van der Waals surface area contributed by atoms with Crippen molar-refractivity contribution in [3.63, 3.8) is 0 Å². The molecule has 118 valence electrons. The van der Waals surface area contributed by atoms with Crippen molar-refractivity contribution < 1.29 is 10.2 Å². The molecule has 1 fully saturated rings. The monoisotopic (exact) mass is 291 g/mol. The van der Waals surface area contributed by atoms with Gasteiger partial charge in [-0.15, -0.1) is 0 Å². The minimum absolute atomic E-state index is 0.320. The van der Waals surface area contributed by atoms with Crippen LogP contribution in [0.5, 0.6) is 5.75 Å². The predicted octanol–water partition coefficient (Wildman–Crippen LogP) is 3.39. The molecule has 2 rings (SSSR count). The van der Waals surface area contributed by atoms with E-state index in [9.17, 15) is 10.2 Å². The van der Waals surface area contributed by atoms with Gasteiger partial charge in [0.15, 0.2) is 0 Å². The molecule has 0 heterocycles. The number of phenolic OH excluding ortho intramolecular Hbond substituents is 1. The minimum Gasteiger partial charge on any atom is -0.508 e. The van der Waals surface area contributed by atoms with Crippen molar-refractivity contribution in [1.82, 2.24) is 5.32 Å². The molecule has 1 aliphatic rings. The van der Waals surface area contributed by atoms with Crippen molar-refractivity contribution in [1.29, 1.82) is 0 Å². The number of aryl methyl sites for hydroxylation is 1. The molecule has 0 aliphatic heterocycles. The summed E-state index contributed by atoms with van der Waals surface area (Å²) in [5.41, 5.74) is 0.748. The topological polar surface area (TPSA) is 52.5 Å². The predicted molar refractivity (Wildman–Crippen MR) is 86.5 cm³/mol. The van der Waals surface area contributed by atoms with E-state index in [1.165, 1.54) is 18.4 Å². The van der Waals surface area contributed by atoms with Gasteiger partial charge in [0.05, 0.1) is 5.60 Å². The lowest BCUT2D eigenvalue weighted by molar-refractivity contribution is 0.0230. The van der Waals surface area contributed by atoms with Gasteiger partial charge in [-0.25, -0.2) is 0 Å². The number of phenols is 1. The molecule has 0 bridgehead atoms. The molecule has 3 heteroatoms.